The standard InChI is InChI=1S/C5H5N3/c1-2-3-7-5-8-4-6/h1,5H,3H2,(H,7,8). The Morgan fingerprint density at radius 3 is 3.12 bits per heavy atom. The first kappa shape index (κ1) is 6.52. The lowest BCUT2D eigenvalue weighted by Gasteiger charge is -1.76. The number of nitrogens with one attached hydrogen (secondary N) is 1. The molecule has 0 rings (SSSR count). The second kappa shape index (κ2) is 5.52. The Morgan fingerprint density at radius 2 is 2.62 bits per heavy atom. The zero-order valence-electron chi connectivity index (χ0n) is 4.26. The van der Waals surface area contributed by atoms with Crippen LogP contribution in [0.25, 0.3) is 0 Å². The van der Waals surface area contributed by atoms with Crippen molar-refractivity contribution < 1.29 is 0 Å². The fourth-order valence-electron chi connectivity index (χ4n) is 0.173. The highest BCUT2D eigenvalue weighted by molar-refractivity contribution is 5.56. The first-order valence-electron chi connectivity index (χ1n) is 1.98. The third-order valence-electron chi connectivity index (χ3n) is 0.403. The molecule has 0 bridgehead atoms. The maximum atomic E-state index is 7.86. The van der Waals surface area contributed by atoms with Crippen molar-refractivity contribution in [3.8, 4) is 18.5 Å². The lowest BCUT2D eigenvalue weighted by molar-refractivity contribution is 1.23. The first-order valence-corrected chi connectivity index (χ1v) is 1.98. The van der Waals surface area contributed by atoms with E-state index in [2.05, 4.69) is 16.2 Å². The van der Waals surface area contributed by atoms with Gasteiger partial charge < -0.3 is 0 Å². The molecule has 3 nitrogen and oxygen atoms in total. The number of terminal acetylenes is 1. The number of nitriles is 1. The molecule has 0 saturated carbocycles. The Labute approximate surface area is 48.0 Å². The molecule has 0 fully saturated rings. The van der Waals surface area contributed by atoms with Gasteiger partial charge in [-0.05, 0) is 0 Å². The van der Waals surface area contributed by atoms with Gasteiger partial charge in [-0.3, -0.25) is 10.3 Å². The van der Waals surface area contributed by atoms with E-state index in [0.717, 1.165) is 0 Å². The van der Waals surface area contributed by atoms with Gasteiger partial charge in [-0.15, -0.1) is 6.42 Å². The third-order valence-corrected chi connectivity index (χ3v) is 0.403. The van der Waals surface area contributed by atoms with Crippen LogP contribution >= 0.6 is 0 Å². The van der Waals surface area contributed by atoms with Crippen LogP contribution in [0.15, 0.2) is 4.99 Å². The van der Waals surface area contributed by atoms with Crippen LogP contribution in [0, 0.1) is 23.8 Å². The fourth-order valence-corrected chi connectivity index (χ4v) is 0.173. The molecular formula is C5H5N3. The molecule has 3 heteroatoms. The summed E-state index contributed by atoms with van der Waals surface area (Å²) in [6.07, 6.45) is 7.76. The number of rotatable bonds is 2. The topological polar surface area (TPSA) is 48.2 Å². The molecule has 0 saturated heterocycles. The molecular weight excluding hydrogens is 102 g/mol. The molecule has 40 valence electrons. The van der Waals surface area contributed by atoms with E-state index in [1.54, 1.807) is 6.19 Å². The summed E-state index contributed by atoms with van der Waals surface area (Å²) >= 11 is 0. The van der Waals surface area contributed by atoms with Gasteiger partial charge in [0, 0.05) is 0 Å². The minimum Gasteiger partial charge on any atom is -0.283 e. The van der Waals surface area contributed by atoms with E-state index in [0.29, 0.717) is 6.54 Å². The van der Waals surface area contributed by atoms with Crippen LogP contribution in [0.2, 0.25) is 0 Å². The summed E-state index contributed by atoms with van der Waals surface area (Å²) in [5, 5.41) is 10.1. The highest BCUT2D eigenvalue weighted by Crippen LogP contribution is 1.57. The molecule has 0 heterocycles. The summed E-state index contributed by atoms with van der Waals surface area (Å²) in [5.41, 5.74) is 0. The molecule has 0 spiro atoms. The second-order valence-electron chi connectivity index (χ2n) is 0.930. The highest BCUT2D eigenvalue weighted by Gasteiger charge is 1.64. The van der Waals surface area contributed by atoms with E-state index >= 15 is 0 Å². The van der Waals surface area contributed by atoms with Gasteiger partial charge in [-0.2, -0.15) is 5.26 Å². The number of aliphatic imine (C=N–C) groups is 1. The van der Waals surface area contributed by atoms with Gasteiger partial charge >= 0.3 is 0 Å². The zero-order valence-corrected chi connectivity index (χ0v) is 4.26. The van der Waals surface area contributed by atoms with Crippen molar-refractivity contribution in [1.29, 1.82) is 5.26 Å². The molecule has 0 aromatic rings. The molecule has 0 aliphatic rings. The molecule has 0 amide bonds. The van der Waals surface area contributed by atoms with E-state index in [1.165, 1.54) is 6.34 Å². The van der Waals surface area contributed by atoms with Crippen molar-refractivity contribution >= 4 is 6.34 Å². The molecule has 0 radical (unpaired) electrons. The predicted molar refractivity (Wildman–Crippen MR) is 30.9 cm³/mol. The number of hydrogen-bond acceptors (Lipinski definition) is 2. The molecule has 0 atom stereocenters. The minimum absolute atomic E-state index is 0.314. The van der Waals surface area contributed by atoms with Crippen LogP contribution in [-0.4, -0.2) is 12.9 Å². The lowest BCUT2D eigenvalue weighted by atomic mass is 10.7. The predicted octanol–water partition coefficient (Wildman–Crippen LogP) is -0.281. The smallest absolute Gasteiger partial charge is 0.182 e. The zero-order chi connectivity index (χ0) is 6.24. The van der Waals surface area contributed by atoms with Crippen molar-refractivity contribution in [3.05, 3.63) is 0 Å². The van der Waals surface area contributed by atoms with Gasteiger partial charge in [0.05, 0.1) is 6.34 Å². The molecule has 0 aromatic carbocycles. The Bertz CT molecular complexity index is 128. The first-order chi connectivity index (χ1) is 3.91. The summed E-state index contributed by atoms with van der Waals surface area (Å²) < 4.78 is 0. The summed E-state index contributed by atoms with van der Waals surface area (Å²) in [6, 6.07) is 0. The van der Waals surface area contributed by atoms with Crippen molar-refractivity contribution in [2.24, 2.45) is 4.99 Å². The summed E-state index contributed by atoms with van der Waals surface area (Å²) in [5.74, 6) is 2.28. The average Bonchev–Trinajstić information content (AvgIpc) is 1.81. The van der Waals surface area contributed by atoms with Crippen molar-refractivity contribution in [2.45, 2.75) is 0 Å². The Hall–Kier alpha value is -1.48. The van der Waals surface area contributed by atoms with Crippen molar-refractivity contribution in [2.75, 3.05) is 6.54 Å². The Kier molecular flexibility index (Phi) is 4.50. The molecule has 0 aromatic heterocycles. The van der Waals surface area contributed by atoms with Crippen LogP contribution in [0.4, 0.5) is 0 Å². The van der Waals surface area contributed by atoms with Crippen LogP contribution in [0.3, 0.4) is 0 Å². The molecule has 0 aliphatic carbocycles. The largest absolute Gasteiger partial charge is 0.283 e. The molecule has 8 heavy (non-hydrogen) atoms. The van der Waals surface area contributed by atoms with Crippen molar-refractivity contribution in [3.63, 3.8) is 0 Å². The van der Waals surface area contributed by atoms with Gasteiger partial charge in [0.2, 0.25) is 0 Å². The highest BCUT2D eigenvalue weighted by atomic mass is 14.9. The van der Waals surface area contributed by atoms with Gasteiger partial charge in [0.15, 0.2) is 6.19 Å². The molecule has 1 N–H and O–H groups in total. The van der Waals surface area contributed by atoms with E-state index < -0.39 is 0 Å². The number of nitrogens with zero attached hydrogens (tertiary/aromatic N) is 2. The lowest BCUT2D eigenvalue weighted by Crippen LogP contribution is -1.99. The molecule has 0 unspecified atom stereocenters. The van der Waals surface area contributed by atoms with E-state index in [1.807, 2.05) is 0 Å². The van der Waals surface area contributed by atoms with E-state index in [9.17, 15) is 0 Å². The van der Waals surface area contributed by atoms with Gasteiger partial charge in [-0.25, -0.2) is 0 Å². The van der Waals surface area contributed by atoms with E-state index in [4.69, 9.17) is 11.7 Å². The average molecular weight is 107 g/mol. The van der Waals surface area contributed by atoms with E-state index in [-0.39, 0.29) is 0 Å². The maximum Gasteiger partial charge on any atom is 0.182 e. The SMILES string of the molecule is C#CCN=CNC#N. The third kappa shape index (κ3) is 4.52. The van der Waals surface area contributed by atoms with Crippen LogP contribution < -0.4 is 5.32 Å². The minimum atomic E-state index is 0.314. The maximum absolute atomic E-state index is 7.86. The van der Waals surface area contributed by atoms with Crippen LogP contribution in [-0.2, 0) is 0 Å². The Balaban J connectivity index is 3.14. The monoisotopic (exact) mass is 107 g/mol. The van der Waals surface area contributed by atoms with Gasteiger partial charge in [-0.1, -0.05) is 5.92 Å². The van der Waals surface area contributed by atoms with Crippen LogP contribution in [0.1, 0.15) is 0 Å². The van der Waals surface area contributed by atoms with Crippen LogP contribution in [0.5, 0.6) is 0 Å². The van der Waals surface area contributed by atoms with Crippen molar-refractivity contribution in [1.82, 2.24) is 5.32 Å². The normalized spacial score (nSPS) is 7.75. The van der Waals surface area contributed by atoms with Gasteiger partial charge in [0.25, 0.3) is 0 Å². The Morgan fingerprint density at radius 1 is 1.88 bits per heavy atom. The summed E-state index contributed by atoms with van der Waals surface area (Å²) in [6.45, 7) is 0.314. The number of hydrogen-bond donors (Lipinski definition) is 1. The molecule has 0 aliphatic heterocycles. The second-order valence-corrected chi connectivity index (χ2v) is 0.930. The van der Waals surface area contributed by atoms with Gasteiger partial charge in [0.1, 0.15) is 6.54 Å². The summed E-state index contributed by atoms with van der Waals surface area (Å²) in [7, 11) is 0. The quantitative estimate of drug-likeness (QED) is 0.173. The fraction of sp³-hybridized carbons (Fsp3) is 0.200. The summed E-state index contributed by atoms with van der Waals surface area (Å²) in [4.78, 5) is 3.58.